The van der Waals surface area contributed by atoms with Crippen molar-refractivity contribution in [1.29, 1.82) is 0 Å². The van der Waals surface area contributed by atoms with Gasteiger partial charge in [-0.15, -0.1) is 0 Å². The van der Waals surface area contributed by atoms with Crippen LogP contribution < -0.4 is 4.74 Å². The van der Waals surface area contributed by atoms with Crippen LogP contribution in [0.3, 0.4) is 0 Å². The molecule has 0 aliphatic carbocycles. The maximum absolute atomic E-state index is 10.7. The molecule has 32 heavy (non-hydrogen) atoms. The summed E-state index contributed by atoms with van der Waals surface area (Å²) in [5.41, 5.74) is 5.01. The van der Waals surface area contributed by atoms with Gasteiger partial charge in [-0.3, -0.25) is 4.90 Å². The molecule has 0 unspecified atom stereocenters. The number of aryl methyl sites for hydroxylation is 2. The molecule has 0 amide bonds. The van der Waals surface area contributed by atoms with Crippen LogP contribution in [0.1, 0.15) is 42.7 Å². The maximum atomic E-state index is 10.7. The van der Waals surface area contributed by atoms with Crippen LogP contribution in [0.2, 0.25) is 0 Å². The van der Waals surface area contributed by atoms with Crippen molar-refractivity contribution in [3.8, 4) is 5.75 Å². The Kier molecular flexibility index (Phi) is 8.95. The molecule has 0 radical (unpaired) electrons. The number of benzene rings is 2. The number of aromatic nitrogens is 1. The highest BCUT2D eigenvalue weighted by atomic mass is 16.5. The second kappa shape index (κ2) is 11.9. The van der Waals surface area contributed by atoms with Crippen molar-refractivity contribution >= 4 is 0 Å². The number of aliphatic hydroxyl groups is 1. The normalized spacial score (nSPS) is 12.5. The molecule has 0 aliphatic rings. The molecule has 1 N–H and O–H groups in total. The van der Waals surface area contributed by atoms with Crippen LogP contribution in [-0.2, 0) is 13.1 Å². The minimum atomic E-state index is -0.540. The molecule has 0 bridgehead atoms. The fraction of sp³-hybridized carbons (Fsp3) is 0.429. The predicted molar refractivity (Wildman–Crippen MR) is 132 cm³/mol. The zero-order chi connectivity index (χ0) is 22.9. The predicted octanol–water partition coefficient (Wildman–Crippen LogP) is 5.44. The van der Waals surface area contributed by atoms with E-state index in [4.69, 9.17) is 4.74 Å². The standard InChI is InChI=1S/C28H38N2O2/c1-22(2)15-17-29(20-27(31)21-32-28-14-8-6-11-24(28)4)19-26-13-9-16-30(26)18-25-12-7-5-10-23(25)3/h5-14,16,22,27,31H,15,17-21H2,1-4H3/t27-/m1/s1. The Morgan fingerprint density at radius 2 is 1.66 bits per heavy atom. The fourth-order valence-corrected chi connectivity index (χ4v) is 3.88. The number of aliphatic hydroxyl groups excluding tert-OH is 1. The zero-order valence-electron chi connectivity index (χ0n) is 20.0. The molecule has 0 fully saturated rings. The Morgan fingerprint density at radius 3 is 2.38 bits per heavy atom. The molecule has 3 rings (SSSR count). The molecule has 4 nitrogen and oxygen atoms in total. The second-order valence-corrected chi connectivity index (χ2v) is 9.20. The van der Waals surface area contributed by atoms with Crippen molar-refractivity contribution < 1.29 is 9.84 Å². The van der Waals surface area contributed by atoms with Crippen molar-refractivity contribution in [2.45, 2.75) is 53.3 Å². The molecule has 0 saturated carbocycles. The summed E-state index contributed by atoms with van der Waals surface area (Å²) in [5.74, 6) is 1.46. The third-order valence-corrected chi connectivity index (χ3v) is 5.93. The Balaban J connectivity index is 1.64. The van der Waals surface area contributed by atoms with E-state index in [-0.39, 0.29) is 0 Å². The Hall–Kier alpha value is -2.56. The number of para-hydroxylation sites is 1. The number of nitrogens with zero attached hydrogens (tertiary/aromatic N) is 2. The highest BCUT2D eigenvalue weighted by Crippen LogP contribution is 2.17. The van der Waals surface area contributed by atoms with Crippen LogP contribution in [-0.4, -0.2) is 40.4 Å². The molecule has 0 saturated heterocycles. The first kappa shape index (κ1) is 24.1. The van der Waals surface area contributed by atoms with E-state index in [9.17, 15) is 5.11 Å². The van der Waals surface area contributed by atoms with Crippen LogP contribution in [0.5, 0.6) is 5.75 Å². The third-order valence-electron chi connectivity index (χ3n) is 5.93. The van der Waals surface area contributed by atoms with Crippen molar-refractivity contribution in [3.05, 3.63) is 89.2 Å². The van der Waals surface area contributed by atoms with Gasteiger partial charge in [-0.2, -0.15) is 0 Å². The topological polar surface area (TPSA) is 37.6 Å². The smallest absolute Gasteiger partial charge is 0.122 e. The van der Waals surface area contributed by atoms with Gasteiger partial charge in [-0.1, -0.05) is 56.3 Å². The lowest BCUT2D eigenvalue weighted by Gasteiger charge is -2.27. The highest BCUT2D eigenvalue weighted by molar-refractivity contribution is 5.31. The van der Waals surface area contributed by atoms with Crippen molar-refractivity contribution in [3.63, 3.8) is 0 Å². The zero-order valence-corrected chi connectivity index (χ0v) is 20.0. The van der Waals surface area contributed by atoms with Crippen molar-refractivity contribution in [2.75, 3.05) is 19.7 Å². The van der Waals surface area contributed by atoms with E-state index in [2.05, 4.69) is 72.8 Å². The average Bonchev–Trinajstić information content (AvgIpc) is 3.19. The highest BCUT2D eigenvalue weighted by Gasteiger charge is 2.16. The second-order valence-electron chi connectivity index (χ2n) is 9.20. The first-order valence-corrected chi connectivity index (χ1v) is 11.7. The van der Waals surface area contributed by atoms with Crippen molar-refractivity contribution in [1.82, 2.24) is 9.47 Å². The van der Waals surface area contributed by atoms with E-state index < -0.39 is 6.10 Å². The molecule has 4 heteroatoms. The summed E-state index contributed by atoms with van der Waals surface area (Å²) in [6, 6.07) is 20.8. The lowest BCUT2D eigenvalue weighted by Crippen LogP contribution is -2.36. The molecule has 1 aromatic heterocycles. The number of ether oxygens (including phenoxy) is 1. The minimum absolute atomic E-state index is 0.299. The molecule has 0 aliphatic heterocycles. The van der Waals surface area contributed by atoms with Gasteiger partial charge in [0.1, 0.15) is 18.5 Å². The van der Waals surface area contributed by atoms with E-state index in [1.807, 2.05) is 31.2 Å². The van der Waals surface area contributed by atoms with E-state index in [0.717, 1.165) is 37.4 Å². The third kappa shape index (κ3) is 7.25. The monoisotopic (exact) mass is 434 g/mol. The van der Waals surface area contributed by atoms with E-state index in [1.165, 1.54) is 16.8 Å². The van der Waals surface area contributed by atoms with E-state index in [1.54, 1.807) is 0 Å². The Bertz CT molecular complexity index is 963. The number of hydrogen-bond acceptors (Lipinski definition) is 3. The van der Waals surface area contributed by atoms with Crippen LogP contribution in [0.4, 0.5) is 0 Å². The summed E-state index contributed by atoms with van der Waals surface area (Å²) in [6.07, 6.45) is 2.71. The lowest BCUT2D eigenvalue weighted by atomic mass is 10.1. The molecule has 2 aromatic carbocycles. The fourth-order valence-electron chi connectivity index (χ4n) is 3.88. The largest absolute Gasteiger partial charge is 0.491 e. The number of rotatable bonds is 12. The first-order chi connectivity index (χ1) is 15.4. The SMILES string of the molecule is Cc1ccccc1Cn1cccc1CN(CCC(C)C)C[C@@H](O)COc1ccccc1C. The lowest BCUT2D eigenvalue weighted by molar-refractivity contribution is 0.0629. The van der Waals surface area contributed by atoms with Gasteiger partial charge in [0.15, 0.2) is 0 Å². The summed E-state index contributed by atoms with van der Waals surface area (Å²) in [5, 5.41) is 10.7. The minimum Gasteiger partial charge on any atom is -0.491 e. The van der Waals surface area contributed by atoms with Gasteiger partial charge >= 0.3 is 0 Å². The Morgan fingerprint density at radius 1 is 0.938 bits per heavy atom. The molecule has 3 aromatic rings. The summed E-state index contributed by atoms with van der Waals surface area (Å²) >= 11 is 0. The molecule has 0 spiro atoms. The summed E-state index contributed by atoms with van der Waals surface area (Å²) < 4.78 is 8.21. The van der Waals surface area contributed by atoms with Gasteiger partial charge in [0.05, 0.1) is 0 Å². The van der Waals surface area contributed by atoms with Gasteiger partial charge in [-0.05, 0) is 67.6 Å². The molecule has 1 atom stereocenters. The molecule has 172 valence electrons. The summed E-state index contributed by atoms with van der Waals surface area (Å²) in [4.78, 5) is 2.36. The molecular formula is C28H38N2O2. The van der Waals surface area contributed by atoms with Gasteiger partial charge in [0.2, 0.25) is 0 Å². The van der Waals surface area contributed by atoms with Crippen LogP contribution in [0, 0.1) is 19.8 Å². The summed E-state index contributed by atoms with van der Waals surface area (Å²) in [7, 11) is 0. The van der Waals surface area contributed by atoms with Gasteiger partial charge in [0.25, 0.3) is 0 Å². The maximum Gasteiger partial charge on any atom is 0.122 e. The van der Waals surface area contributed by atoms with Crippen LogP contribution in [0.15, 0.2) is 66.9 Å². The number of hydrogen-bond donors (Lipinski definition) is 1. The first-order valence-electron chi connectivity index (χ1n) is 11.7. The Labute approximate surface area is 193 Å². The molecular weight excluding hydrogens is 396 g/mol. The molecule has 1 heterocycles. The van der Waals surface area contributed by atoms with E-state index in [0.29, 0.717) is 19.1 Å². The van der Waals surface area contributed by atoms with Crippen molar-refractivity contribution in [2.24, 2.45) is 5.92 Å². The van der Waals surface area contributed by atoms with Gasteiger partial charge < -0.3 is 14.4 Å². The summed E-state index contributed by atoms with van der Waals surface area (Å²) in [6.45, 7) is 12.2. The quantitative estimate of drug-likeness (QED) is 0.412. The van der Waals surface area contributed by atoms with E-state index >= 15 is 0 Å². The van der Waals surface area contributed by atoms with Crippen LogP contribution >= 0.6 is 0 Å². The van der Waals surface area contributed by atoms with Gasteiger partial charge in [0, 0.05) is 31.5 Å². The average molecular weight is 435 g/mol. The van der Waals surface area contributed by atoms with Crippen LogP contribution in [0.25, 0.3) is 0 Å². The van der Waals surface area contributed by atoms with Gasteiger partial charge in [-0.25, -0.2) is 0 Å².